The van der Waals surface area contributed by atoms with Crippen LogP contribution in [0.2, 0.25) is 0 Å². The van der Waals surface area contributed by atoms with E-state index in [-0.39, 0.29) is 11.9 Å². The molecule has 2 saturated heterocycles. The molecule has 2 aromatic rings. The summed E-state index contributed by atoms with van der Waals surface area (Å²) in [5.74, 6) is 0.00600. The van der Waals surface area contributed by atoms with Gasteiger partial charge in [-0.1, -0.05) is 54.6 Å². The van der Waals surface area contributed by atoms with E-state index in [9.17, 15) is 13.2 Å². The maximum Gasteiger partial charge on any atom is 0.230 e. The highest BCUT2D eigenvalue weighted by Crippen LogP contribution is 2.39. The normalized spacial score (nSPS) is 25.2. The topological polar surface area (TPSA) is 75.7 Å². The van der Waals surface area contributed by atoms with Gasteiger partial charge in [0.2, 0.25) is 15.9 Å². The third kappa shape index (κ3) is 4.21. The van der Waals surface area contributed by atoms with Gasteiger partial charge >= 0.3 is 0 Å². The third-order valence-corrected chi connectivity index (χ3v) is 9.42. The van der Waals surface area contributed by atoms with Crippen LogP contribution in [-0.2, 0) is 31.5 Å². The summed E-state index contributed by atoms with van der Waals surface area (Å²) in [4.78, 5) is 12.7. The van der Waals surface area contributed by atoms with Crippen molar-refractivity contribution in [2.75, 3.05) is 20.3 Å². The van der Waals surface area contributed by atoms with E-state index in [0.29, 0.717) is 39.0 Å². The molecular formula is C25H32N2O4S. The second-order valence-electron chi connectivity index (χ2n) is 8.89. The van der Waals surface area contributed by atoms with Gasteiger partial charge < -0.3 is 10.1 Å². The van der Waals surface area contributed by atoms with E-state index in [4.69, 9.17) is 4.74 Å². The number of ether oxygens (including phenoxy) is 1. The van der Waals surface area contributed by atoms with Crippen LogP contribution in [0.3, 0.4) is 0 Å². The average Bonchev–Trinajstić information content (AvgIpc) is 2.82. The van der Waals surface area contributed by atoms with E-state index in [0.717, 1.165) is 23.1 Å². The van der Waals surface area contributed by atoms with Crippen LogP contribution in [0.5, 0.6) is 0 Å². The monoisotopic (exact) mass is 456 g/mol. The van der Waals surface area contributed by atoms with Crippen molar-refractivity contribution in [2.24, 2.45) is 0 Å². The summed E-state index contributed by atoms with van der Waals surface area (Å²) < 4.78 is 34.1. The molecule has 2 fully saturated rings. The number of likely N-dealkylation sites (N-methyl/N-ethyl adjacent to an activating group) is 1. The van der Waals surface area contributed by atoms with Crippen molar-refractivity contribution in [2.45, 2.75) is 55.9 Å². The first-order valence-electron chi connectivity index (χ1n) is 11.3. The number of hydrogen-bond donors (Lipinski definition) is 1. The van der Waals surface area contributed by atoms with E-state index in [2.05, 4.69) is 5.32 Å². The maximum absolute atomic E-state index is 13.5. The Morgan fingerprint density at radius 3 is 2.34 bits per heavy atom. The van der Waals surface area contributed by atoms with Gasteiger partial charge in [0.25, 0.3) is 0 Å². The van der Waals surface area contributed by atoms with Crippen molar-refractivity contribution in [1.29, 1.82) is 0 Å². The van der Waals surface area contributed by atoms with Crippen molar-refractivity contribution in [3.8, 4) is 0 Å². The first-order valence-corrected chi connectivity index (χ1v) is 12.8. The van der Waals surface area contributed by atoms with E-state index < -0.39 is 20.7 Å². The predicted octanol–water partition coefficient (Wildman–Crippen LogP) is 3.54. The van der Waals surface area contributed by atoms with Gasteiger partial charge in [0.1, 0.15) is 5.25 Å². The highest BCUT2D eigenvalue weighted by atomic mass is 32.2. The van der Waals surface area contributed by atoms with Crippen LogP contribution in [0.1, 0.15) is 54.5 Å². The molecule has 1 unspecified atom stereocenters. The Morgan fingerprint density at radius 1 is 1.06 bits per heavy atom. The number of rotatable bonds is 5. The number of carbonyl (C=O) groups is 1. The van der Waals surface area contributed by atoms with Gasteiger partial charge in [-0.25, -0.2) is 8.42 Å². The molecule has 2 atom stereocenters. The fourth-order valence-electron chi connectivity index (χ4n) is 5.07. The maximum atomic E-state index is 13.5. The van der Waals surface area contributed by atoms with Crippen molar-refractivity contribution >= 4 is 15.9 Å². The highest BCUT2D eigenvalue weighted by Gasteiger charge is 2.42. The summed E-state index contributed by atoms with van der Waals surface area (Å²) in [7, 11) is -1.81. The van der Waals surface area contributed by atoms with Gasteiger partial charge in [0.15, 0.2) is 0 Å². The number of amides is 1. The Morgan fingerprint density at radius 2 is 1.72 bits per heavy atom. The lowest BCUT2D eigenvalue weighted by Crippen LogP contribution is -2.47. The number of benzene rings is 2. The highest BCUT2D eigenvalue weighted by molar-refractivity contribution is 7.89. The number of carbonyl (C=O) groups excluding carboxylic acids is 1. The zero-order valence-corrected chi connectivity index (χ0v) is 19.6. The van der Waals surface area contributed by atoms with Crippen LogP contribution in [0.15, 0.2) is 54.6 Å². The zero-order chi connectivity index (χ0) is 22.8. The Hall–Kier alpha value is -2.22. The summed E-state index contributed by atoms with van der Waals surface area (Å²) in [6.45, 7) is 3.43. The summed E-state index contributed by atoms with van der Waals surface area (Å²) >= 11 is 0. The van der Waals surface area contributed by atoms with Crippen LogP contribution >= 0.6 is 0 Å². The molecule has 7 heteroatoms. The number of nitrogens with one attached hydrogen (secondary N) is 1. The molecule has 32 heavy (non-hydrogen) atoms. The van der Waals surface area contributed by atoms with E-state index in [1.165, 1.54) is 0 Å². The smallest absolute Gasteiger partial charge is 0.230 e. The average molecular weight is 457 g/mol. The molecule has 0 radical (unpaired) electrons. The molecule has 0 spiro atoms. The van der Waals surface area contributed by atoms with Crippen molar-refractivity contribution < 1.29 is 17.9 Å². The van der Waals surface area contributed by atoms with Gasteiger partial charge in [-0.3, -0.25) is 4.79 Å². The summed E-state index contributed by atoms with van der Waals surface area (Å²) in [5.41, 5.74) is 2.15. The molecule has 1 amide bonds. The van der Waals surface area contributed by atoms with Gasteiger partial charge in [0.05, 0.1) is 5.41 Å². The molecule has 1 N–H and O–H groups in total. The fourth-order valence-corrected chi connectivity index (χ4v) is 7.26. The van der Waals surface area contributed by atoms with Crippen LogP contribution in [-0.4, -0.2) is 44.9 Å². The number of sulfonamides is 1. The van der Waals surface area contributed by atoms with Gasteiger partial charge in [-0.15, -0.1) is 0 Å². The molecule has 2 aliphatic heterocycles. The van der Waals surface area contributed by atoms with Gasteiger partial charge in [-0.2, -0.15) is 4.31 Å². The molecule has 2 heterocycles. The zero-order valence-electron chi connectivity index (χ0n) is 18.8. The molecule has 2 aromatic carbocycles. The van der Waals surface area contributed by atoms with Crippen LogP contribution in [0.25, 0.3) is 0 Å². The molecule has 0 aliphatic carbocycles. The molecule has 6 nitrogen and oxygen atoms in total. The van der Waals surface area contributed by atoms with Crippen molar-refractivity contribution in [1.82, 2.24) is 9.62 Å². The quantitative estimate of drug-likeness (QED) is 0.747. The SMILES string of the molecule is CNC(=O)C1(c2ccc(CN3[C@@H](C)CCC(c4ccccc4)S3(=O)=O)cc2)CCOCC1. The van der Waals surface area contributed by atoms with E-state index >= 15 is 0 Å². The Balaban J connectivity index is 1.57. The fraction of sp³-hybridized carbons (Fsp3) is 0.480. The Labute approximate surface area is 191 Å². The molecule has 0 bridgehead atoms. The summed E-state index contributed by atoms with van der Waals surface area (Å²) in [6, 6.07) is 17.3. The second-order valence-corrected chi connectivity index (χ2v) is 11.0. The number of hydrogen-bond acceptors (Lipinski definition) is 4. The molecule has 0 aromatic heterocycles. The molecule has 4 rings (SSSR count). The van der Waals surface area contributed by atoms with Gasteiger partial charge in [0, 0.05) is 32.8 Å². The van der Waals surface area contributed by atoms with Crippen LogP contribution < -0.4 is 5.32 Å². The summed E-state index contributed by atoms with van der Waals surface area (Å²) in [6.07, 6.45) is 2.75. The minimum Gasteiger partial charge on any atom is -0.381 e. The van der Waals surface area contributed by atoms with Crippen LogP contribution in [0.4, 0.5) is 0 Å². The Kier molecular flexibility index (Phi) is 6.70. The molecule has 172 valence electrons. The predicted molar refractivity (Wildman–Crippen MR) is 125 cm³/mol. The lowest BCUT2D eigenvalue weighted by molar-refractivity contribution is -0.129. The summed E-state index contributed by atoms with van der Waals surface area (Å²) in [5, 5.41) is 2.31. The van der Waals surface area contributed by atoms with E-state index in [1.807, 2.05) is 61.5 Å². The van der Waals surface area contributed by atoms with E-state index in [1.54, 1.807) is 11.4 Å². The lowest BCUT2D eigenvalue weighted by Gasteiger charge is -2.38. The van der Waals surface area contributed by atoms with Crippen molar-refractivity contribution in [3.05, 3.63) is 71.3 Å². The third-order valence-electron chi connectivity index (χ3n) is 7.05. The minimum absolute atomic E-state index is 0.00600. The first-order chi connectivity index (χ1) is 15.4. The van der Waals surface area contributed by atoms with Crippen LogP contribution in [0, 0.1) is 0 Å². The number of nitrogens with zero attached hydrogens (tertiary/aromatic N) is 1. The second kappa shape index (κ2) is 9.33. The van der Waals surface area contributed by atoms with Gasteiger partial charge in [-0.05, 0) is 49.3 Å². The minimum atomic E-state index is -3.47. The standard InChI is InChI=1S/C25H32N2O4S/c1-19-8-13-23(21-6-4-3-5-7-21)32(29,30)27(19)18-20-9-11-22(12-10-20)25(24(28)26-2)14-16-31-17-15-25/h3-7,9-12,19,23H,8,13-18H2,1-2H3,(H,26,28)/t19-,23?/m0/s1. The first kappa shape index (κ1) is 23.0. The molecular weight excluding hydrogens is 424 g/mol. The molecule has 0 saturated carbocycles. The molecule has 2 aliphatic rings. The largest absolute Gasteiger partial charge is 0.381 e. The Bertz CT molecular complexity index is 1030. The van der Waals surface area contributed by atoms with Crippen molar-refractivity contribution in [3.63, 3.8) is 0 Å². The lowest BCUT2D eigenvalue weighted by atomic mass is 9.73.